The maximum absolute atomic E-state index is 12.9. The molecule has 1 saturated heterocycles. The molecule has 0 radical (unpaired) electrons. The van der Waals surface area contributed by atoms with Gasteiger partial charge in [-0.2, -0.15) is 5.06 Å². The zero-order valence-corrected chi connectivity index (χ0v) is 15.5. The number of carboxylic acid groups (broad SMARTS) is 1. The van der Waals surface area contributed by atoms with Crippen molar-refractivity contribution < 1.29 is 24.3 Å². The van der Waals surface area contributed by atoms with Crippen molar-refractivity contribution in [3.63, 3.8) is 0 Å². The van der Waals surface area contributed by atoms with E-state index in [1.165, 1.54) is 0 Å². The highest BCUT2D eigenvalue weighted by Crippen LogP contribution is 2.26. The highest BCUT2D eigenvalue weighted by atomic mass is 16.7. The zero-order valence-electron chi connectivity index (χ0n) is 15.5. The minimum Gasteiger partial charge on any atom is -0.465 e. The zero-order chi connectivity index (χ0) is 19.3. The van der Waals surface area contributed by atoms with Crippen molar-refractivity contribution in [2.75, 3.05) is 6.54 Å². The van der Waals surface area contributed by atoms with E-state index in [1.54, 1.807) is 13.8 Å². The average Bonchev–Trinajstić information content (AvgIpc) is 3.11. The van der Waals surface area contributed by atoms with Gasteiger partial charge in [0.2, 0.25) is 0 Å². The van der Waals surface area contributed by atoms with Gasteiger partial charge in [-0.3, -0.25) is 9.69 Å². The molecule has 1 heterocycles. The molecule has 2 amide bonds. The van der Waals surface area contributed by atoms with E-state index in [2.05, 4.69) is 0 Å². The highest BCUT2D eigenvalue weighted by molar-refractivity contribution is 5.85. The fourth-order valence-corrected chi connectivity index (χ4v) is 2.79. The maximum atomic E-state index is 12.9. The molecule has 0 saturated carbocycles. The molecule has 1 N–H and O–H groups in total. The minimum absolute atomic E-state index is 0.120. The monoisotopic (exact) mass is 362 g/mol. The summed E-state index contributed by atoms with van der Waals surface area (Å²) < 4.78 is 0. The smallest absolute Gasteiger partial charge is 0.408 e. The Kier molecular flexibility index (Phi) is 6.23. The molecule has 1 aromatic rings. The van der Waals surface area contributed by atoms with E-state index in [0.717, 1.165) is 15.5 Å². The maximum Gasteiger partial charge on any atom is 0.408 e. The number of benzene rings is 1. The van der Waals surface area contributed by atoms with Crippen molar-refractivity contribution in [1.82, 2.24) is 9.96 Å². The Morgan fingerprint density at radius 2 is 1.92 bits per heavy atom. The molecule has 1 aromatic carbocycles. The molecule has 142 valence electrons. The van der Waals surface area contributed by atoms with Gasteiger partial charge in [0.15, 0.2) is 0 Å². The Balaban J connectivity index is 2.19. The number of hydrogen-bond donors (Lipinski definition) is 1. The number of amides is 2. The van der Waals surface area contributed by atoms with E-state index in [4.69, 9.17) is 4.84 Å². The van der Waals surface area contributed by atoms with Crippen LogP contribution in [0.5, 0.6) is 0 Å². The predicted molar refractivity (Wildman–Crippen MR) is 94.9 cm³/mol. The van der Waals surface area contributed by atoms with E-state index in [0.29, 0.717) is 25.8 Å². The SMILES string of the molecule is CCC(C)(C)C(=O)N(Cc1ccccc1)OC(=O)[C@@H]1CCCN1C(=O)O. The van der Waals surface area contributed by atoms with Gasteiger partial charge in [0.1, 0.15) is 6.04 Å². The second-order valence-corrected chi connectivity index (χ2v) is 7.11. The lowest BCUT2D eigenvalue weighted by Crippen LogP contribution is -2.46. The van der Waals surface area contributed by atoms with Gasteiger partial charge in [-0.05, 0) is 24.8 Å². The first kappa shape index (κ1) is 19.8. The fraction of sp³-hybridized carbons (Fsp3) is 0.526. The topological polar surface area (TPSA) is 87.2 Å². The van der Waals surface area contributed by atoms with Crippen LogP contribution in [-0.4, -0.2) is 45.6 Å². The second kappa shape index (κ2) is 8.21. The molecule has 1 atom stereocenters. The van der Waals surface area contributed by atoms with Crippen LogP contribution in [0, 0.1) is 5.41 Å². The summed E-state index contributed by atoms with van der Waals surface area (Å²) >= 11 is 0. The number of likely N-dealkylation sites (tertiary alicyclic amines) is 1. The van der Waals surface area contributed by atoms with Crippen LogP contribution in [0.2, 0.25) is 0 Å². The standard InChI is InChI=1S/C19H26N2O5/c1-4-19(2,3)17(23)21(13-14-9-6-5-7-10-14)26-16(22)15-11-8-12-20(15)18(24)25/h5-7,9-10,15H,4,8,11-13H2,1-3H3,(H,24,25)/t15-/m0/s1. The summed E-state index contributed by atoms with van der Waals surface area (Å²) in [6.07, 6.45) is 0.424. The van der Waals surface area contributed by atoms with Gasteiger partial charge in [0.25, 0.3) is 5.91 Å². The molecular weight excluding hydrogens is 336 g/mol. The Morgan fingerprint density at radius 3 is 2.50 bits per heavy atom. The van der Waals surface area contributed by atoms with Crippen molar-refractivity contribution in [2.45, 2.75) is 52.6 Å². The quantitative estimate of drug-likeness (QED) is 0.814. The summed E-state index contributed by atoms with van der Waals surface area (Å²) in [6, 6.07) is 8.35. The molecule has 26 heavy (non-hydrogen) atoms. The molecule has 0 unspecified atom stereocenters. The molecule has 0 aromatic heterocycles. The van der Waals surface area contributed by atoms with Crippen LogP contribution in [0.15, 0.2) is 30.3 Å². The number of nitrogens with zero attached hydrogens (tertiary/aromatic N) is 2. The van der Waals surface area contributed by atoms with Crippen LogP contribution in [0.25, 0.3) is 0 Å². The third-order valence-electron chi connectivity index (χ3n) is 4.83. The van der Waals surface area contributed by atoms with Gasteiger partial charge < -0.3 is 9.94 Å². The first-order valence-corrected chi connectivity index (χ1v) is 8.83. The van der Waals surface area contributed by atoms with Gasteiger partial charge >= 0.3 is 12.1 Å². The molecule has 0 spiro atoms. The third kappa shape index (κ3) is 4.53. The van der Waals surface area contributed by atoms with E-state index in [-0.39, 0.29) is 12.5 Å². The molecule has 7 nitrogen and oxygen atoms in total. The van der Waals surface area contributed by atoms with E-state index in [1.807, 2.05) is 37.3 Å². The summed E-state index contributed by atoms with van der Waals surface area (Å²) in [7, 11) is 0. The lowest BCUT2D eigenvalue weighted by Gasteiger charge is -2.31. The largest absolute Gasteiger partial charge is 0.465 e. The fourth-order valence-electron chi connectivity index (χ4n) is 2.79. The van der Waals surface area contributed by atoms with Gasteiger partial charge in [-0.1, -0.05) is 51.1 Å². The van der Waals surface area contributed by atoms with Gasteiger partial charge in [-0.15, -0.1) is 0 Å². The van der Waals surface area contributed by atoms with Gasteiger partial charge in [0, 0.05) is 12.0 Å². The van der Waals surface area contributed by atoms with Crippen LogP contribution in [-0.2, 0) is 21.0 Å². The molecule has 1 aliphatic rings. The molecule has 0 aliphatic carbocycles. The third-order valence-corrected chi connectivity index (χ3v) is 4.83. The Labute approximate surface area is 153 Å². The number of carbonyl (C=O) groups is 3. The molecule has 0 bridgehead atoms. The summed E-state index contributed by atoms with van der Waals surface area (Å²) in [5.41, 5.74) is 0.124. The van der Waals surface area contributed by atoms with Crippen LogP contribution in [0.1, 0.15) is 45.6 Å². The molecule has 7 heteroatoms. The van der Waals surface area contributed by atoms with Crippen molar-refractivity contribution in [3.8, 4) is 0 Å². The first-order valence-electron chi connectivity index (χ1n) is 8.83. The second-order valence-electron chi connectivity index (χ2n) is 7.11. The van der Waals surface area contributed by atoms with Crippen molar-refractivity contribution in [1.29, 1.82) is 0 Å². The minimum atomic E-state index is -1.15. The number of hydroxylamine groups is 2. The van der Waals surface area contributed by atoms with Crippen LogP contribution >= 0.6 is 0 Å². The predicted octanol–water partition coefficient (Wildman–Crippen LogP) is 3.05. The normalized spacial score (nSPS) is 17.0. The number of hydrogen-bond acceptors (Lipinski definition) is 4. The van der Waals surface area contributed by atoms with Gasteiger partial charge in [0.05, 0.1) is 6.54 Å². The molecule has 2 rings (SSSR count). The summed E-state index contributed by atoms with van der Waals surface area (Å²) in [6.45, 7) is 5.89. The Bertz CT molecular complexity index is 659. The average molecular weight is 362 g/mol. The van der Waals surface area contributed by atoms with Gasteiger partial charge in [-0.25, -0.2) is 9.59 Å². The number of carbonyl (C=O) groups excluding carboxylic acids is 2. The van der Waals surface area contributed by atoms with Crippen LogP contribution in [0.4, 0.5) is 4.79 Å². The van der Waals surface area contributed by atoms with Crippen molar-refractivity contribution in [2.24, 2.45) is 5.41 Å². The summed E-state index contributed by atoms with van der Waals surface area (Å²) in [5.74, 6) is -1.02. The van der Waals surface area contributed by atoms with Crippen LogP contribution in [0.3, 0.4) is 0 Å². The Morgan fingerprint density at radius 1 is 1.27 bits per heavy atom. The summed E-state index contributed by atoms with van der Waals surface area (Å²) in [5, 5.41) is 10.3. The lowest BCUT2D eigenvalue weighted by molar-refractivity contribution is -0.209. The molecular formula is C19H26N2O5. The van der Waals surface area contributed by atoms with Crippen molar-refractivity contribution >= 4 is 18.0 Å². The lowest BCUT2D eigenvalue weighted by atomic mass is 9.89. The van der Waals surface area contributed by atoms with E-state index >= 15 is 0 Å². The first-order chi connectivity index (χ1) is 12.3. The summed E-state index contributed by atoms with van der Waals surface area (Å²) in [4.78, 5) is 43.2. The Hall–Kier alpha value is -2.57. The van der Waals surface area contributed by atoms with Crippen LogP contribution < -0.4 is 0 Å². The van der Waals surface area contributed by atoms with Crippen molar-refractivity contribution in [3.05, 3.63) is 35.9 Å². The van der Waals surface area contributed by atoms with E-state index in [9.17, 15) is 19.5 Å². The highest BCUT2D eigenvalue weighted by Gasteiger charge is 2.39. The number of rotatable bonds is 5. The molecule has 1 aliphatic heterocycles. The van der Waals surface area contributed by atoms with E-state index < -0.39 is 23.5 Å². The molecule has 1 fully saturated rings.